The molecule has 6 heteroatoms. The topological polar surface area (TPSA) is 55.1 Å². The summed E-state index contributed by atoms with van der Waals surface area (Å²) in [5.74, 6) is 0.556. The average Bonchev–Trinajstić information content (AvgIpc) is 3.26. The number of benzene rings is 1. The summed E-state index contributed by atoms with van der Waals surface area (Å²) in [6.45, 7) is 0. The fourth-order valence-electron chi connectivity index (χ4n) is 2.12. The highest BCUT2D eigenvalue weighted by atomic mass is 32.1. The maximum atomic E-state index is 12.0. The standard InChI is InChI=1S/C16H10N2O2S2/c19-15(11-5-6-21-8-11)18-16-17-12(9-22-16)14-7-10-3-1-2-4-13(10)20-14/h1-9H,(H,17,18,19). The Labute approximate surface area is 134 Å². The van der Waals surface area contributed by atoms with Crippen LogP contribution >= 0.6 is 22.7 Å². The minimum absolute atomic E-state index is 0.147. The number of hydrogen-bond acceptors (Lipinski definition) is 5. The number of anilines is 1. The number of amides is 1. The van der Waals surface area contributed by atoms with E-state index in [9.17, 15) is 4.79 Å². The molecule has 0 atom stereocenters. The Hall–Kier alpha value is -2.44. The number of rotatable bonds is 3. The third kappa shape index (κ3) is 2.43. The van der Waals surface area contributed by atoms with Crippen molar-refractivity contribution < 1.29 is 9.21 Å². The molecule has 1 aromatic carbocycles. The van der Waals surface area contributed by atoms with E-state index < -0.39 is 0 Å². The van der Waals surface area contributed by atoms with Crippen molar-refractivity contribution in [1.82, 2.24) is 4.98 Å². The summed E-state index contributed by atoms with van der Waals surface area (Å²) >= 11 is 2.87. The van der Waals surface area contributed by atoms with Crippen molar-refractivity contribution in [3.63, 3.8) is 0 Å². The second-order valence-electron chi connectivity index (χ2n) is 4.65. The molecule has 0 spiro atoms. The Morgan fingerprint density at radius 2 is 2.09 bits per heavy atom. The van der Waals surface area contributed by atoms with E-state index in [4.69, 9.17) is 4.42 Å². The van der Waals surface area contributed by atoms with Crippen molar-refractivity contribution in [2.75, 3.05) is 5.32 Å². The maximum Gasteiger partial charge on any atom is 0.258 e. The number of thiophene rings is 1. The van der Waals surface area contributed by atoms with Crippen LogP contribution in [0.1, 0.15) is 10.4 Å². The molecule has 0 aliphatic heterocycles. The highest BCUT2D eigenvalue weighted by Crippen LogP contribution is 2.30. The molecule has 3 heterocycles. The molecule has 0 radical (unpaired) electrons. The molecule has 0 aliphatic carbocycles. The van der Waals surface area contributed by atoms with Gasteiger partial charge in [0.1, 0.15) is 11.3 Å². The third-order valence-corrected chi connectivity index (χ3v) is 4.63. The first-order valence-corrected chi connectivity index (χ1v) is 8.40. The largest absolute Gasteiger partial charge is 0.454 e. The first-order chi connectivity index (χ1) is 10.8. The zero-order valence-electron chi connectivity index (χ0n) is 11.3. The Balaban J connectivity index is 1.59. The summed E-state index contributed by atoms with van der Waals surface area (Å²) in [5.41, 5.74) is 2.20. The molecule has 108 valence electrons. The molecule has 1 amide bonds. The normalized spacial score (nSPS) is 10.9. The van der Waals surface area contributed by atoms with Crippen LogP contribution in [0.2, 0.25) is 0 Å². The SMILES string of the molecule is O=C(Nc1nc(-c2cc3ccccc3o2)cs1)c1ccsc1. The zero-order valence-corrected chi connectivity index (χ0v) is 12.9. The van der Waals surface area contributed by atoms with Crippen LogP contribution < -0.4 is 5.32 Å². The van der Waals surface area contributed by atoms with Crippen molar-refractivity contribution >= 4 is 44.7 Å². The molecule has 0 bridgehead atoms. The Morgan fingerprint density at radius 1 is 1.18 bits per heavy atom. The summed E-state index contributed by atoms with van der Waals surface area (Å²) in [6.07, 6.45) is 0. The van der Waals surface area contributed by atoms with Gasteiger partial charge in [0.2, 0.25) is 0 Å². The molecule has 22 heavy (non-hydrogen) atoms. The van der Waals surface area contributed by atoms with Crippen molar-refractivity contribution in [2.45, 2.75) is 0 Å². The number of aromatic nitrogens is 1. The van der Waals surface area contributed by atoms with Crippen molar-refractivity contribution in [3.8, 4) is 11.5 Å². The number of furan rings is 1. The van der Waals surface area contributed by atoms with Gasteiger partial charge in [-0.15, -0.1) is 11.3 Å². The Bertz CT molecular complexity index is 905. The van der Waals surface area contributed by atoms with Crippen LogP contribution in [0, 0.1) is 0 Å². The van der Waals surface area contributed by atoms with E-state index in [-0.39, 0.29) is 5.91 Å². The minimum Gasteiger partial charge on any atom is -0.454 e. The van der Waals surface area contributed by atoms with E-state index in [2.05, 4.69) is 10.3 Å². The summed E-state index contributed by atoms with van der Waals surface area (Å²) in [6, 6.07) is 11.6. The van der Waals surface area contributed by atoms with Gasteiger partial charge in [-0.3, -0.25) is 10.1 Å². The van der Waals surface area contributed by atoms with Gasteiger partial charge in [0.25, 0.3) is 5.91 Å². The van der Waals surface area contributed by atoms with Gasteiger partial charge in [-0.05, 0) is 23.6 Å². The second-order valence-corrected chi connectivity index (χ2v) is 6.29. The molecule has 4 rings (SSSR count). The van der Waals surface area contributed by atoms with Crippen molar-refractivity contribution in [2.24, 2.45) is 0 Å². The monoisotopic (exact) mass is 326 g/mol. The number of hydrogen-bond donors (Lipinski definition) is 1. The Kier molecular flexibility index (Phi) is 3.25. The van der Waals surface area contributed by atoms with Gasteiger partial charge in [-0.25, -0.2) is 4.98 Å². The van der Waals surface area contributed by atoms with Crippen molar-refractivity contribution in [1.29, 1.82) is 0 Å². The minimum atomic E-state index is -0.147. The molecule has 1 N–H and O–H groups in total. The van der Waals surface area contributed by atoms with E-state index in [1.165, 1.54) is 22.7 Å². The molecule has 0 unspecified atom stereocenters. The summed E-state index contributed by atoms with van der Waals surface area (Å²) < 4.78 is 5.78. The van der Waals surface area contributed by atoms with Gasteiger partial charge < -0.3 is 4.42 Å². The number of nitrogens with one attached hydrogen (secondary N) is 1. The zero-order chi connectivity index (χ0) is 14.9. The number of thiazole rings is 1. The van der Waals surface area contributed by atoms with E-state index in [0.29, 0.717) is 16.5 Å². The van der Waals surface area contributed by atoms with E-state index in [0.717, 1.165) is 16.7 Å². The smallest absolute Gasteiger partial charge is 0.258 e. The third-order valence-electron chi connectivity index (χ3n) is 3.19. The summed E-state index contributed by atoms with van der Waals surface area (Å²) in [7, 11) is 0. The van der Waals surface area contributed by atoms with Gasteiger partial charge in [0.15, 0.2) is 10.9 Å². The summed E-state index contributed by atoms with van der Waals surface area (Å²) in [4.78, 5) is 16.4. The molecular weight excluding hydrogens is 316 g/mol. The molecule has 4 aromatic rings. The number of nitrogens with zero attached hydrogens (tertiary/aromatic N) is 1. The molecule has 3 aromatic heterocycles. The Morgan fingerprint density at radius 3 is 2.91 bits per heavy atom. The molecule has 0 aliphatic rings. The average molecular weight is 326 g/mol. The van der Waals surface area contributed by atoms with E-state index >= 15 is 0 Å². The molecular formula is C16H10N2O2S2. The molecule has 0 fully saturated rings. The first kappa shape index (κ1) is 13.2. The fraction of sp³-hybridized carbons (Fsp3) is 0. The predicted molar refractivity (Wildman–Crippen MR) is 89.6 cm³/mol. The van der Waals surface area contributed by atoms with Gasteiger partial charge in [-0.2, -0.15) is 11.3 Å². The van der Waals surface area contributed by atoms with Gasteiger partial charge in [0, 0.05) is 16.1 Å². The quantitative estimate of drug-likeness (QED) is 0.584. The summed E-state index contributed by atoms with van der Waals surface area (Å²) in [5, 5.41) is 9.96. The number of carbonyl (C=O) groups excluding carboxylic acids is 1. The lowest BCUT2D eigenvalue weighted by atomic mass is 10.2. The van der Waals surface area contributed by atoms with Gasteiger partial charge in [0.05, 0.1) is 5.56 Å². The van der Waals surface area contributed by atoms with Crippen LogP contribution in [0.4, 0.5) is 5.13 Å². The molecule has 0 saturated carbocycles. The van der Waals surface area contributed by atoms with Crippen LogP contribution in [0.5, 0.6) is 0 Å². The second kappa shape index (κ2) is 5.40. The number of para-hydroxylation sites is 1. The van der Waals surface area contributed by atoms with Gasteiger partial charge >= 0.3 is 0 Å². The van der Waals surface area contributed by atoms with Crippen LogP contribution in [0.15, 0.2) is 57.0 Å². The first-order valence-electron chi connectivity index (χ1n) is 6.57. The lowest BCUT2D eigenvalue weighted by Gasteiger charge is -1.97. The predicted octanol–water partition coefficient (Wildman–Crippen LogP) is 4.87. The number of fused-ring (bicyclic) bond motifs is 1. The van der Waals surface area contributed by atoms with Crippen LogP contribution in [-0.4, -0.2) is 10.9 Å². The lowest BCUT2D eigenvalue weighted by molar-refractivity contribution is 0.102. The van der Waals surface area contributed by atoms with Crippen LogP contribution in [0.25, 0.3) is 22.4 Å². The maximum absolute atomic E-state index is 12.0. The van der Waals surface area contributed by atoms with Crippen LogP contribution in [-0.2, 0) is 0 Å². The van der Waals surface area contributed by atoms with Crippen LogP contribution in [0.3, 0.4) is 0 Å². The van der Waals surface area contributed by atoms with E-state index in [1.807, 2.05) is 46.5 Å². The highest BCUT2D eigenvalue weighted by Gasteiger charge is 2.12. The van der Waals surface area contributed by atoms with E-state index in [1.54, 1.807) is 6.07 Å². The highest BCUT2D eigenvalue weighted by molar-refractivity contribution is 7.14. The number of carbonyl (C=O) groups is 1. The lowest BCUT2D eigenvalue weighted by Crippen LogP contribution is -2.10. The van der Waals surface area contributed by atoms with Gasteiger partial charge in [-0.1, -0.05) is 18.2 Å². The fourth-order valence-corrected chi connectivity index (χ4v) is 3.45. The molecule has 0 saturated heterocycles. The van der Waals surface area contributed by atoms with Crippen molar-refractivity contribution in [3.05, 3.63) is 58.1 Å². The molecule has 4 nitrogen and oxygen atoms in total.